The zero-order chi connectivity index (χ0) is 23.8. The standard InChI is InChI=1S/C24H29N5O4/c1-28-16-20(19-8-6-17(10-11-25)14-21(19)33-3)24(31)29(28)22-9-7-18(15-27-22)23(30)26-12-4-5-13-32-2/h6-9,14-15,31H,4-5,10,12-13,16H2,1-3H3,(H,26,30). The number of likely N-dealkylation sites (N-methyl/N-ethyl adjacent to an activating group) is 1. The molecule has 0 unspecified atom stereocenters. The summed E-state index contributed by atoms with van der Waals surface area (Å²) < 4.78 is 10.5. The molecule has 0 radical (unpaired) electrons. The van der Waals surface area contributed by atoms with Crippen molar-refractivity contribution in [3.63, 3.8) is 0 Å². The molecule has 1 aromatic heterocycles. The smallest absolute Gasteiger partial charge is 0.252 e. The molecule has 2 N–H and O–H groups in total. The number of hydrazine groups is 1. The lowest BCUT2D eigenvalue weighted by Gasteiger charge is -2.25. The van der Waals surface area contributed by atoms with Crippen molar-refractivity contribution in [3.8, 4) is 11.8 Å². The number of nitriles is 1. The van der Waals surface area contributed by atoms with Gasteiger partial charge in [0.15, 0.2) is 0 Å². The van der Waals surface area contributed by atoms with E-state index >= 15 is 0 Å². The van der Waals surface area contributed by atoms with Crippen LogP contribution >= 0.6 is 0 Å². The van der Waals surface area contributed by atoms with Crippen LogP contribution in [0.5, 0.6) is 5.75 Å². The van der Waals surface area contributed by atoms with Crippen LogP contribution in [0.25, 0.3) is 5.57 Å². The van der Waals surface area contributed by atoms with Gasteiger partial charge >= 0.3 is 0 Å². The number of amides is 1. The number of pyridine rings is 1. The van der Waals surface area contributed by atoms with Crippen LogP contribution in [0.2, 0.25) is 0 Å². The number of hydrogen-bond donors (Lipinski definition) is 2. The number of unbranched alkanes of at least 4 members (excludes halogenated alkanes) is 1. The summed E-state index contributed by atoms with van der Waals surface area (Å²) in [4.78, 5) is 16.7. The number of carbonyl (C=O) groups is 1. The molecule has 0 aliphatic carbocycles. The van der Waals surface area contributed by atoms with Gasteiger partial charge in [0, 0.05) is 51.2 Å². The number of benzene rings is 1. The largest absolute Gasteiger partial charge is 0.496 e. The van der Waals surface area contributed by atoms with Gasteiger partial charge in [-0.25, -0.2) is 15.0 Å². The van der Waals surface area contributed by atoms with Gasteiger partial charge in [0.25, 0.3) is 5.91 Å². The Balaban J connectivity index is 1.76. The third kappa shape index (κ3) is 5.61. The van der Waals surface area contributed by atoms with Gasteiger partial charge in [-0.05, 0) is 36.6 Å². The quantitative estimate of drug-likeness (QED) is 0.531. The summed E-state index contributed by atoms with van der Waals surface area (Å²) in [5, 5.41) is 26.2. The molecule has 9 nitrogen and oxygen atoms in total. The van der Waals surface area contributed by atoms with E-state index in [4.69, 9.17) is 14.7 Å². The number of hydrogen-bond acceptors (Lipinski definition) is 8. The Hall–Kier alpha value is -3.61. The van der Waals surface area contributed by atoms with Crippen LogP contribution < -0.4 is 15.1 Å². The first-order chi connectivity index (χ1) is 16.0. The van der Waals surface area contributed by atoms with Crippen molar-refractivity contribution < 1.29 is 19.4 Å². The van der Waals surface area contributed by atoms with Gasteiger partial charge in [-0.3, -0.25) is 4.79 Å². The summed E-state index contributed by atoms with van der Waals surface area (Å²) in [6, 6.07) is 11.0. The average molecular weight is 452 g/mol. The molecule has 0 spiro atoms. The number of nitrogens with zero attached hydrogens (tertiary/aromatic N) is 4. The van der Waals surface area contributed by atoms with Crippen molar-refractivity contribution in [1.82, 2.24) is 15.3 Å². The highest BCUT2D eigenvalue weighted by molar-refractivity contribution is 5.94. The highest BCUT2D eigenvalue weighted by atomic mass is 16.5. The second-order valence-electron chi connectivity index (χ2n) is 7.66. The van der Waals surface area contributed by atoms with E-state index in [-0.39, 0.29) is 18.2 Å². The molecular weight excluding hydrogens is 422 g/mol. The lowest BCUT2D eigenvalue weighted by molar-refractivity contribution is 0.0951. The van der Waals surface area contributed by atoms with Crippen molar-refractivity contribution in [2.45, 2.75) is 19.3 Å². The minimum absolute atomic E-state index is 0.0340. The molecule has 1 aliphatic rings. The normalized spacial score (nSPS) is 13.8. The Bertz CT molecular complexity index is 1050. The molecule has 174 valence electrons. The predicted octanol–water partition coefficient (Wildman–Crippen LogP) is 2.91. The molecule has 9 heteroatoms. The average Bonchev–Trinajstić information content (AvgIpc) is 3.12. The van der Waals surface area contributed by atoms with E-state index in [0.717, 1.165) is 24.0 Å². The SMILES string of the molecule is COCCCCNC(=O)c1ccc(N2C(O)=C(c3ccc(CC#N)cc3OC)CN2C)nc1. The van der Waals surface area contributed by atoms with Crippen molar-refractivity contribution >= 4 is 17.3 Å². The summed E-state index contributed by atoms with van der Waals surface area (Å²) in [6.45, 7) is 1.68. The summed E-state index contributed by atoms with van der Waals surface area (Å²) in [5.74, 6) is 0.919. The highest BCUT2D eigenvalue weighted by Crippen LogP contribution is 2.36. The van der Waals surface area contributed by atoms with Gasteiger partial charge < -0.3 is 19.9 Å². The molecule has 2 aromatic rings. The van der Waals surface area contributed by atoms with Crippen LogP contribution in [0.4, 0.5) is 5.82 Å². The zero-order valence-electron chi connectivity index (χ0n) is 19.2. The Labute approximate surface area is 193 Å². The minimum Gasteiger partial charge on any atom is -0.496 e. The number of carbonyl (C=O) groups excluding carboxylic acids is 1. The number of anilines is 1. The third-order valence-electron chi connectivity index (χ3n) is 5.36. The van der Waals surface area contributed by atoms with Gasteiger partial charge in [0.2, 0.25) is 5.88 Å². The first-order valence-electron chi connectivity index (χ1n) is 10.7. The number of aromatic nitrogens is 1. The third-order valence-corrected chi connectivity index (χ3v) is 5.36. The summed E-state index contributed by atoms with van der Waals surface area (Å²) in [7, 11) is 5.05. The second-order valence-corrected chi connectivity index (χ2v) is 7.66. The number of aliphatic hydroxyl groups excluding tert-OH is 1. The van der Waals surface area contributed by atoms with Gasteiger partial charge in [-0.2, -0.15) is 5.26 Å². The van der Waals surface area contributed by atoms with Crippen molar-refractivity contribution in [1.29, 1.82) is 5.26 Å². The Kier molecular flexibility index (Phi) is 8.24. The maximum Gasteiger partial charge on any atom is 0.252 e. The number of aliphatic hydroxyl groups is 1. The van der Waals surface area contributed by atoms with Gasteiger partial charge in [0.1, 0.15) is 11.6 Å². The fourth-order valence-corrected chi connectivity index (χ4v) is 3.66. The van der Waals surface area contributed by atoms with Crippen molar-refractivity contribution in [2.24, 2.45) is 0 Å². The topological polar surface area (TPSA) is 111 Å². The molecule has 0 fully saturated rings. The van der Waals surface area contributed by atoms with Crippen molar-refractivity contribution in [2.75, 3.05) is 46.0 Å². The first-order valence-corrected chi connectivity index (χ1v) is 10.7. The molecule has 0 saturated heterocycles. The first kappa shape index (κ1) is 24.0. The van der Waals surface area contributed by atoms with Crippen LogP contribution in [-0.4, -0.2) is 62.0 Å². The molecule has 33 heavy (non-hydrogen) atoms. The molecule has 0 bridgehead atoms. The van der Waals surface area contributed by atoms with E-state index in [0.29, 0.717) is 42.4 Å². The molecular formula is C24H29N5O4. The lowest BCUT2D eigenvalue weighted by Crippen LogP contribution is -2.34. The minimum atomic E-state index is -0.191. The number of rotatable bonds is 10. The number of nitrogens with one attached hydrogen (secondary N) is 1. The highest BCUT2D eigenvalue weighted by Gasteiger charge is 2.31. The van der Waals surface area contributed by atoms with Gasteiger partial charge in [0.05, 0.1) is 25.2 Å². The van der Waals surface area contributed by atoms with Crippen LogP contribution in [-0.2, 0) is 11.2 Å². The molecule has 0 saturated carbocycles. The Morgan fingerprint density at radius 3 is 2.76 bits per heavy atom. The van der Waals surface area contributed by atoms with Crippen LogP contribution in [0, 0.1) is 11.3 Å². The fraction of sp³-hybridized carbons (Fsp3) is 0.375. The van der Waals surface area contributed by atoms with Crippen LogP contribution in [0.3, 0.4) is 0 Å². The van der Waals surface area contributed by atoms with E-state index < -0.39 is 0 Å². The van der Waals surface area contributed by atoms with Crippen LogP contribution in [0.15, 0.2) is 42.4 Å². The van der Waals surface area contributed by atoms with E-state index in [1.165, 1.54) is 6.20 Å². The van der Waals surface area contributed by atoms with Crippen LogP contribution in [0.1, 0.15) is 34.3 Å². The zero-order valence-corrected chi connectivity index (χ0v) is 19.2. The summed E-state index contributed by atoms with van der Waals surface area (Å²) in [6.07, 6.45) is 3.50. The van der Waals surface area contributed by atoms with E-state index in [1.807, 2.05) is 30.3 Å². The lowest BCUT2D eigenvalue weighted by atomic mass is 10.0. The predicted molar refractivity (Wildman–Crippen MR) is 125 cm³/mol. The second kappa shape index (κ2) is 11.3. The molecule has 1 aromatic carbocycles. The number of ether oxygens (including phenoxy) is 2. The van der Waals surface area contributed by atoms with Gasteiger partial charge in [-0.1, -0.05) is 12.1 Å². The molecule has 0 atom stereocenters. The molecule has 3 rings (SSSR count). The van der Waals surface area contributed by atoms with E-state index in [9.17, 15) is 9.90 Å². The molecule has 1 aliphatic heterocycles. The summed E-state index contributed by atoms with van der Waals surface area (Å²) >= 11 is 0. The Morgan fingerprint density at radius 1 is 1.27 bits per heavy atom. The van der Waals surface area contributed by atoms with E-state index in [2.05, 4.69) is 16.4 Å². The maximum absolute atomic E-state index is 12.3. The monoisotopic (exact) mass is 451 g/mol. The molecule has 2 heterocycles. The van der Waals surface area contributed by atoms with Crippen molar-refractivity contribution in [3.05, 3.63) is 59.1 Å². The van der Waals surface area contributed by atoms with E-state index in [1.54, 1.807) is 31.4 Å². The van der Waals surface area contributed by atoms with Gasteiger partial charge in [-0.15, -0.1) is 0 Å². The number of methoxy groups -OCH3 is 2. The molecule has 1 amide bonds. The maximum atomic E-state index is 12.3. The summed E-state index contributed by atoms with van der Waals surface area (Å²) in [5.41, 5.74) is 2.72. The fourth-order valence-electron chi connectivity index (χ4n) is 3.66. The Morgan fingerprint density at radius 2 is 2.09 bits per heavy atom.